The normalized spacial score (nSPS) is 16.4. The highest BCUT2D eigenvalue weighted by Gasteiger charge is 2.15. The molecule has 3 rings (SSSR count). The van der Waals surface area contributed by atoms with E-state index in [1.165, 1.54) is 6.20 Å². The number of methoxy groups -OCH3 is 1. The predicted octanol–water partition coefficient (Wildman–Crippen LogP) is 3.08. The van der Waals surface area contributed by atoms with Crippen molar-refractivity contribution in [1.29, 1.82) is 0 Å². The minimum Gasteiger partial charge on any atom is -0.493 e. The van der Waals surface area contributed by atoms with E-state index < -0.39 is 0 Å². The van der Waals surface area contributed by atoms with E-state index in [4.69, 9.17) is 18.9 Å². The number of aromatic nitrogens is 1. The Balaban J connectivity index is 1.51. The zero-order valence-corrected chi connectivity index (χ0v) is 15.4. The fourth-order valence-electron chi connectivity index (χ4n) is 2.53. The fourth-order valence-corrected chi connectivity index (χ4v) is 2.53. The van der Waals surface area contributed by atoms with Gasteiger partial charge in [-0.1, -0.05) is 6.07 Å². The highest BCUT2D eigenvalue weighted by molar-refractivity contribution is 5.89. The summed E-state index contributed by atoms with van der Waals surface area (Å²) in [6.07, 6.45) is 2.26. The van der Waals surface area contributed by atoms with Gasteiger partial charge >= 0.3 is 6.03 Å². The van der Waals surface area contributed by atoms with Gasteiger partial charge in [-0.15, -0.1) is 0 Å². The van der Waals surface area contributed by atoms with Crippen LogP contribution in [0.3, 0.4) is 0 Å². The molecule has 0 saturated carbocycles. The molecular formula is C19H23N3O5. The second-order valence-corrected chi connectivity index (χ2v) is 6.08. The number of anilines is 1. The molecule has 1 atom stereocenters. The van der Waals surface area contributed by atoms with Gasteiger partial charge < -0.3 is 29.6 Å². The summed E-state index contributed by atoms with van der Waals surface area (Å²) in [5, 5.41) is 5.49. The molecule has 1 fully saturated rings. The van der Waals surface area contributed by atoms with Gasteiger partial charge in [0.2, 0.25) is 5.88 Å². The smallest absolute Gasteiger partial charge is 0.319 e. The summed E-state index contributed by atoms with van der Waals surface area (Å²) < 4.78 is 21.5. The average Bonchev–Trinajstić information content (AvgIpc) is 2.70. The Kier molecular flexibility index (Phi) is 6.45. The van der Waals surface area contributed by atoms with Gasteiger partial charge in [0.15, 0.2) is 11.5 Å². The van der Waals surface area contributed by atoms with E-state index in [-0.39, 0.29) is 18.9 Å². The lowest BCUT2D eigenvalue weighted by Crippen LogP contribution is -2.39. The van der Waals surface area contributed by atoms with E-state index in [0.717, 1.165) is 12.0 Å². The molecule has 0 aliphatic carbocycles. The lowest BCUT2D eigenvalue weighted by atomic mass is 10.2. The summed E-state index contributed by atoms with van der Waals surface area (Å²) >= 11 is 0. The molecular weight excluding hydrogens is 350 g/mol. The topological polar surface area (TPSA) is 90.9 Å². The summed E-state index contributed by atoms with van der Waals surface area (Å²) in [6.45, 7) is 3.32. The van der Waals surface area contributed by atoms with Gasteiger partial charge in [0.25, 0.3) is 0 Å². The molecule has 2 N–H and O–H groups in total. The number of amides is 2. The van der Waals surface area contributed by atoms with Gasteiger partial charge in [-0.2, -0.15) is 0 Å². The average molecular weight is 373 g/mol. The molecule has 1 unspecified atom stereocenters. The summed E-state index contributed by atoms with van der Waals surface area (Å²) in [4.78, 5) is 16.2. The molecule has 8 heteroatoms. The van der Waals surface area contributed by atoms with Crippen LogP contribution in [0.4, 0.5) is 10.5 Å². The first-order valence-corrected chi connectivity index (χ1v) is 8.67. The molecule has 1 aromatic heterocycles. The molecule has 27 heavy (non-hydrogen) atoms. The van der Waals surface area contributed by atoms with Gasteiger partial charge in [0.05, 0.1) is 31.7 Å². The van der Waals surface area contributed by atoms with Crippen molar-refractivity contribution >= 4 is 11.7 Å². The molecule has 1 aliphatic rings. The van der Waals surface area contributed by atoms with Crippen molar-refractivity contribution in [3.8, 4) is 17.4 Å². The largest absolute Gasteiger partial charge is 0.493 e. The number of carbonyl (C=O) groups excluding carboxylic acids is 1. The number of rotatable bonds is 6. The van der Waals surface area contributed by atoms with Gasteiger partial charge in [-0.25, -0.2) is 9.78 Å². The van der Waals surface area contributed by atoms with Gasteiger partial charge in [-0.3, -0.25) is 0 Å². The van der Waals surface area contributed by atoms with Crippen LogP contribution in [-0.2, 0) is 9.47 Å². The lowest BCUT2D eigenvalue weighted by molar-refractivity contribution is -0.136. The number of ether oxygens (including phenoxy) is 4. The second-order valence-electron chi connectivity index (χ2n) is 6.08. The van der Waals surface area contributed by atoms with Gasteiger partial charge in [-0.05, 0) is 37.1 Å². The van der Waals surface area contributed by atoms with Crippen LogP contribution in [-0.4, -0.2) is 44.2 Å². The number of carbonyl (C=O) groups is 1. The van der Waals surface area contributed by atoms with Crippen molar-refractivity contribution in [2.75, 3.05) is 32.4 Å². The van der Waals surface area contributed by atoms with E-state index >= 15 is 0 Å². The maximum atomic E-state index is 12.0. The summed E-state index contributed by atoms with van der Waals surface area (Å²) in [5.74, 6) is 1.61. The number of aryl methyl sites for hydroxylation is 1. The Hall–Kier alpha value is -2.84. The van der Waals surface area contributed by atoms with Gasteiger partial charge in [0.1, 0.15) is 6.79 Å². The van der Waals surface area contributed by atoms with Crippen LogP contribution < -0.4 is 20.1 Å². The third kappa shape index (κ3) is 5.57. The Morgan fingerprint density at radius 1 is 1.30 bits per heavy atom. The first-order chi connectivity index (χ1) is 13.1. The van der Waals surface area contributed by atoms with Crippen LogP contribution in [0.25, 0.3) is 0 Å². The van der Waals surface area contributed by atoms with Crippen molar-refractivity contribution in [3.05, 3.63) is 42.1 Å². The minimum atomic E-state index is -0.319. The van der Waals surface area contributed by atoms with Crippen LogP contribution in [0.2, 0.25) is 0 Å². The molecule has 8 nitrogen and oxygen atoms in total. The number of nitrogens with zero attached hydrogens (tertiary/aromatic N) is 1. The summed E-state index contributed by atoms with van der Waals surface area (Å²) in [5.41, 5.74) is 1.63. The van der Waals surface area contributed by atoms with Crippen molar-refractivity contribution in [1.82, 2.24) is 10.3 Å². The quantitative estimate of drug-likeness (QED) is 0.809. The lowest BCUT2D eigenvalue weighted by Gasteiger charge is -2.22. The van der Waals surface area contributed by atoms with Crippen LogP contribution in [0.15, 0.2) is 36.5 Å². The molecule has 1 aromatic carbocycles. The van der Waals surface area contributed by atoms with E-state index in [0.29, 0.717) is 36.2 Å². The molecule has 1 aliphatic heterocycles. The number of hydrogen-bond donors (Lipinski definition) is 2. The number of nitrogens with one attached hydrogen (secondary N) is 2. The minimum absolute atomic E-state index is 0.0251. The molecule has 2 heterocycles. The zero-order chi connectivity index (χ0) is 19.1. The first kappa shape index (κ1) is 18.9. The standard InChI is InChI=1S/C19H23N3O5/c1-13-3-5-16(17(9-13)24-2)27-18-6-4-14(10-20-18)22-19(23)21-11-15-7-8-25-12-26-15/h3-6,9-10,15H,7-8,11-12H2,1-2H3,(H2,21,22,23). The monoisotopic (exact) mass is 373 g/mol. The van der Waals surface area contributed by atoms with Gasteiger partial charge in [0, 0.05) is 12.6 Å². The number of pyridine rings is 1. The van der Waals surface area contributed by atoms with E-state index in [1.807, 2.05) is 25.1 Å². The van der Waals surface area contributed by atoms with Crippen molar-refractivity contribution in [3.63, 3.8) is 0 Å². The maximum Gasteiger partial charge on any atom is 0.319 e. The Morgan fingerprint density at radius 3 is 2.89 bits per heavy atom. The third-order valence-corrected chi connectivity index (χ3v) is 3.99. The van der Waals surface area contributed by atoms with Crippen molar-refractivity contribution in [2.24, 2.45) is 0 Å². The molecule has 144 valence electrons. The summed E-state index contributed by atoms with van der Waals surface area (Å²) in [7, 11) is 1.59. The second kappa shape index (κ2) is 9.20. The first-order valence-electron chi connectivity index (χ1n) is 8.67. The Bertz CT molecular complexity index is 760. The highest BCUT2D eigenvalue weighted by atomic mass is 16.7. The number of hydrogen-bond acceptors (Lipinski definition) is 6. The van der Waals surface area contributed by atoms with Crippen molar-refractivity contribution < 1.29 is 23.7 Å². The maximum absolute atomic E-state index is 12.0. The SMILES string of the molecule is COc1cc(C)ccc1Oc1ccc(NC(=O)NCC2CCOCO2)cn1. The molecule has 0 bridgehead atoms. The Labute approximate surface area is 157 Å². The predicted molar refractivity (Wildman–Crippen MR) is 99.4 cm³/mol. The van der Waals surface area contributed by atoms with Crippen LogP contribution >= 0.6 is 0 Å². The molecule has 0 spiro atoms. The van der Waals surface area contributed by atoms with E-state index in [1.54, 1.807) is 19.2 Å². The van der Waals surface area contributed by atoms with Crippen LogP contribution in [0, 0.1) is 6.92 Å². The third-order valence-electron chi connectivity index (χ3n) is 3.99. The number of urea groups is 1. The van der Waals surface area contributed by atoms with Crippen molar-refractivity contribution in [2.45, 2.75) is 19.4 Å². The van der Waals surface area contributed by atoms with E-state index in [2.05, 4.69) is 15.6 Å². The van der Waals surface area contributed by atoms with Crippen LogP contribution in [0.5, 0.6) is 17.4 Å². The molecule has 2 aromatic rings. The highest BCUT2D eigenvalue weighted by Crippen LogP contribution is 2.31. The number of benzene rings is 1. The summed E-state index contributed by atoms with van der Waals surface area (Å²) in [6, 6.07) is 8.72. The Morgan fingerprint density at radius 2 is 2.19 bits per heavy atom. The molecule has 2 amide bonds. The van der Waals surface area contributed by atoms with Crippen LogP contribution in [0.1, 0.15) is 12.0 Å². The van der Waals surface area contributed by atoms with E-state index in [9.17, 15) is 4.79 Å². The molecule has 0 radical (unpaired) electrons. The molecule has 1 saturated heterocycles. The zero-order valence-electron chi connectivity index (χ0n) is 15.4. The fraction of sp³-hybridized carbons (Fsp3) is 0.368.